The molecule has 1 aliphatic heterocycles. The summed E-state index contributed by atoms with van der Waals surface area (Å²) < 4.78 is 0. The predicted molar refractivity (Wildman–Crippen MR) is 65.4 cm³/mol. The van der Waals surface area contributed by atoms with E-state index < -0.39 is 0 Å². The molecule has 0 radical (unpaired) electrons. The summed E-state index contributed by atoms with van der Waals surface area (Å²) in [4.78, 5) is 14.5. The molecule has 2 aliphatic carbocycles. The average Bonchev–Trinajstić information content (AvgIpc) is 2.70. The lowest BCUT2D eigenvalue weighted by molar-refractivity contribution is -0.134. The number of hydrogen-bond donors (Lipinski definition) is 1. The minimum absolute atomic E-state index is 0.285. The zero-order valence-corrected chi connectivity index (χ0v) is 10.6. The average molecular weight is 237 g/mol. The quantitative estimate of drug-likeness (QED) is 0.813. The Bertz CT molecular complexity index is 305. The van der Waals surface area contributed by atoms with Crippen molar-refractivity contribution in [3.8, 4) is 0 Å². The van der Waals surface area contributed by atoms with Crippen LogP contribution in [-0.4, -0.2) is 34.6 Å². The van der Waals surface area contributed by atoms with Gasteiger partial charge in [-0.1, -0.05) is 6.42 Å². The van der Waals surface area contributed by atoms with Gasteiger partial charge >= 0.3 is 0 Å². The number of hydrogen-bond acceptors (Lipinski definition) is 2. The largest absolute Gasteiger partial charge is 0.393 e. The van der Waals surface area contributed by atoms with E-state index in [1.165, 1.54) is 19.3 Å². The number of aliphatic hydroxyl groups is 1. The number of fused-ring (bicyclic) bond motifs is 1. The summed E-state index contributed by atoms with van der Waals surface area (Å²) in [7, 11) is 0. The molecule has 1 amide bonds. The number of amides is 1. The number of rotatable bonds is 3. The van der Waals surface area contributed by atoms with Gasteiger partial charge in [0.25, 0.3) is 0 Å². The van der Waals surface area contributed by atoms with E-state index in [-0.39, 0.29) is 6.10 Å². The third-order valence-corrected chi connectivity index (χ3v) is 4.97. The topological polar surface area (TPSA) is 40.5 Å². The number of likely N-dealkylation sites (tertiary alicyclic amines) is 1. The third kappa shape index (κ3) is 1.99. The SMILES string of the molecule is CC(O)CC1CCCN1C(=O)C1C2CCCC21. The Labute approximate surface area is 103 Å². The molecule has 17 heavy (non-hydrogen) atoms. The summed E-state index contributed by atoms with van der Waals surface area (Å²) in [6.07, 6.45) is 6.55. The highest BCUT2D eigenvalue weighted by molar-refractivity contribution is 5.83. The van der Waals surface area contributed by atoms with Crippen molar-refractivity contribution in [2.75, 3.05) is 6.54 Å². The maximum absolute atomic E-state index is 12.5. The molecular formula is C14H23NO2. The molecule has 1 N–H and O–H groups in total. The summed E-state index contributed by atoms with van der Waals surface area (Å²) in [5.41, 5.74) is 0. The van der Waals surface area contributed by atoms with E-state index in [0.717, 1.165) is 37.6 Å². The number of carbonyl (C=O) groups is 1. The maximum Gasteiger partial charge on any atom is 0.226 e. The van der Waals surface area contributed by atoms with E-state index in [1.54, 1.807) is 0 Å². The second-order valence-corrected chi connectivity index (χ2v) is 6.20. The Kier molecular flexibility index (Phi) is 2.89. The maximum atomic E-state index is 12.5. The minimum Gasteiger partial charge on any atom is -0.393 e. The van der Waals surface area contributed by atoms with E-state index >= 15 is 0 Å². The van der Waals surface area contributed by atoms with Crippen molar-refractivity contribution in [2.24, 2.45) is 17.8 Å². The van der Waals surface area contributed by atoms with Gasteiger partial charge in [0.1, 0.15) is 0 Å². The molecule has 2 saturated carbocycles. The van der Waals surface area contributed by atoms with Gasteiger partial charge in [-0.05, 0) is 50.9 Å². The highest BCUT2D eigenvalue weighted by Gasteiger charge is 2.58. The van der Waals surface area contributed by atoms with Crippen LogP contribution >= 0.6 is 0 Å². The molecular weight excluding hydrogens is 214 g/mol. The molecule has 3 fully saturated rings. The Morgan fingerprint density at radius 1 is 1.29 bits per heavy atom. The number of aliphatic hydroxyl groups excluding tert-OH is 1. The van der Waals surface area contributed by atoms with Crippen molar-refractivity contribution < 1.29 is 9.90 Å². The Morgan fingerprint density at radius 2 is 2.00 bits per heavy atom. The molecule has 1 heterocycles. The van der Waals surface area contributed by atoms with Crippen LogP contribution in [0.15, 0.2) is 0 Å². The molecule has 0 aromatic rings. The van der Waals surface area contributed by atoms with E-state index in [9.17, 15) is 9.90 Å². The smallest absolute Gasteiger partial charge is 0.226 e. The predicted octanol–water partition coefficient (Wildman–Crippen LogP) is 1.79. The van der Waals surface area contributed by atoms with Gasteiger partial charge in [0, 0.05) is 18.5 Å². The van der Waals surface area contributed by atoms with Gasteiger partial charge in [0.2, 0.25) is 5.91 Å². The van der Waals surface area contributed by atoms with Crippen LogP contribution in [0.2, 0.25) is 0 Å². The van der Waals surface area contributed by atoms with Crippen LogP contribution in [-0.2, 0) is 4.79 Å². The third-order valence-electron chi connectivity index (χ3n) is 4.97. The fourth-order valence-corrected chi connectivity index (χ4v) is 4.14. The highest BCUT2D eigenvalue weighted by atomic mass is 16.3. The fourth-order valence-electron chi connectivity index (χ4n) is 4.14. The standard InChI is InChI=1S/C14H23NO2/c1-9(16)8-10-4-3-7-15(10)14(17)13-11-5-2-6-12(11)13/h9-13,16H,2-8H2,1H3. The monoisotopic (exact) mass is 237 g/mol. The van der Waals surface area contributed by atoms with Crippen LogP contribution in [0.25, 0.3) is 0 Å². The summed E-state index contributed by atoms with van der Waals surface area (Å²) in [6.45, 7) is 2.75. The Morgan fingerprint density at radius 3 is 2.65 bits per heavy atom. The lowest BCUT2D eigenvalue weighted by Gasteiger charge is -2.26. The summed E-state index contributed by atoms with van der Waals surface area (Å²) in [6, 6.07) is 0.309. The molecule has 0 aromatic carbocycles. The first kappa shape index (κ1) is 11.5. The number of nitrogens with zero attached hydrogens (tertiary/aromatic N) is 1. The van der Waals surface area contributed by atoms with Gasteiger partial charge in [0.15, 0.2) is 0 Å². The van der Waals surface area contributed by atoms with Gasteiger partial charge in [-0.25, -0.2) is 0 Å². The van der Waals surface area contributed by atoms with Crippen molar-refractivity contribution in [1.29, 1.82) is 0 Å². The van der Waals surface area contributed by atoms with Gasteiger partial charge in [0.05, 0.1) is 6.10 Å². The van der Waals surface area contributed by atoms with E-state index in [1.807, 2.05) is 6.92 Å². The van der Waals surface area contributed by atoms with Crippen LogP contribution in [0, 0.1) is 17.8 Å². The Hall–Kier alpha value is -0.570. The van der Waals surface area contributed by atoms with Crippen LogP contribution in [0.5, 0.6) is 0 Å². The zero-order valence-electron chi connectivity index (χ0n) is 10.6. The molecule has 0 bridgehead atoms. The second kappa shape index (κ2) is 4.27. The van der Waals surface area contributed by atoms with Crippen molar-refractivity contribution in [3.63, 3.8) is 0 Å². The summed E-state index contributed by atoms with van der Waals surface area (Å²) in [5.74, 6) is 2.20. The van der Waals surface area contributed by atoms with Gasteiger partial charge in [-0.2, -0.15) is 0 Å². The first-order valence-electron chi connectivity index (χ1n) is 7.17. The molecule has 4 unspecified atom stereocenters. The molecule has 4 atom stereocenters. The van der Waals surface area contributed by atoms with Crippen molar-refractivity contribution >= 4 is 5.91 Å². The van der Waals surface area contributed by atoms with Crippen molar-refractivity contribution in [2.45, 2.75) is 57.6 Å². The fraction of sp³-hybridized carbons (Fsp3) is 0.929. The van der Waals surface area contributed by atoms with Crippen molar-refractivity contribution in [3.05, 3.63) is 0 Å². The van der Waals surface area contributed by atoms with Gasteiger partial charge in [-0.3, -0.25) is 4.79 Å². The van der Waals surface area contributed by atoms with Crippen LogP contribution < -0.4 is 0 Å². The normalized spacial score (nSPS) is 41.4. The van der Waals surface area contributed by atoms with Crippen LogP contribution in [0.3, 0.4) is 0 Å². The minimum atomic E-state index is -0.285. The van der Waals surface area contributed by atoms with Crippen molar-refractivity contribution in [1.82, 2.24) is 4.90 Å². The van der Waals surface area contributed by atoms with E-state index in [2.05, 4.69) is 4.90 Å². The number of carbonyl (C=O) groups excluding carboxylic acids is 1. The summed E-state index contributed by atoms with van der Waals surface area (Å²) >= 11 is 0. The molecule has 3 nitrogen and oxygen atoms in total. The van der Waals surface area contributed by atoms with E-state index in [4.69, 9.17) is 0 Å². The van der Waals surface area contributed by atoms with E-state index in [0.29, 0.717) is 17.9 Å². The van der Waals surface area contributed by atoms with Crippen LogP contribution in [0.1, 0.15) is 45.4 Å². The molecule has 96 valence electrons. The Balaban J connectivity index is 1.61. The molecule has 0 aromatic heterocycles. The molecule has 3 aliphatic rings. The van der Waals surface area contributed by atoms with Gasteiger partial charge < -0.3 is 10.0 Å². The highest BCUT2D eigenvalue weighted by Crippen LogP contribution is 2.58. The molecule has 3 heteroatoms. The zero-order chi connectivity index (χ0) is 12.0. The lowest BCUT2D eigenvalue weighted by atomic mass is 10.1. The second-order valence-electron chi connectivity index (χ2n) is 6.20. The first-order valence-corrected chi connectivity index (χ1v) is 7.17. The molecule has 0 spiro atoms. The summed E-state index contributed by atoms with van der Waals surface area (Å²) in [5, 5.41) is 9.49. The molecule has 3 rings (SSSR count). The van der Waals surface area contributed by atoms with Crippen LogP contribution in [0.4, 0.5) is 0 Å². The first-order chi connectivity index (χ1) is 8.18. The lowest BCUT2D eigenvalue weighted by Crippen LogP contribution is -2.38. The van der Waals surface area contributed by atoms with Gasteiger partial charge in [-0.15, -0.1) is 0 Å². The molecule has 1 saturated heterocycles.